The normalized spacial score (nSPS) is 10.6. The maximum atomic E-state index is 12.1. The van der Waals surface area contributed by atoms with Crippen LogP contribution < -0.4 is 5.32 Å². The SMILES string of the molecule is Cc1ccc(CNC(=O)Cc2csc(-c3cccc(Cl)c3)n2)cc1. The van der Waals surface area contributed by atoms with Gasteiger partial charge in [0, 0.05) is 22.5 Å². The molecule has 0 saturated heterocycles. The van der Waals surface area contributed by atoms with E-state index < -0.39 is 0 Å². The van der Waals surface area contributed by atoms with Crippen molar-refractivity contribution in [2.45, 2.75) is 19.9 Å². The zero-order chi connectivity index (χ0) is 16.9. The minimum atomic E-state index is -0.0291. The Morgan fingerprint density at radius 2 is 2.00 bits per heavy atom. The van der Waals surface area contributed by atoms with E-state index in [1.807, 2.05) is 60.8 Å². The molecule has 0 spiro atoms. The lowest BCUT2D eigenvalue weighted by Gasteiger charge is -2.04. The molecular weight excluding hydrogens is 340 g/mol. The van der Waals surface area contributed by atoms with Gasteiger partial charge in [-0.2, -0.15) is 0 Å². The first kappa shape index (κ1) is 16.7. The summed E-state index contributed by atoms with van der Waals surface area (Å²) in [5.74, 6) is -0.0291. The standard InChI is InChI=1S/C19H17ClN2OS/c1-13-5-7-14(8-6-13)11-21-18(23)10-17-12-24-19(22-17)15-3-2-4-16(20)9-15/h2-9,12H,10-11H2,1H3,(H,21,23). The summed E-state index contributed by atoms with van der Waals surface area (Å²) in [6.45, 7) is 2.58. The third kappa shape index (κ3) is 4.43. The molecule has 1 heterocycles. The highest BCUT2D eigenvalue weighted by Gasteiger charge is 2.09. The number of thiazole rings is 1. The van der Waals surface area contributed by atoms with Gasteiger partial charge in [-0.15, -0.1) is 11.3 Å². The van der Waals surface area contributed by atoms with Crippen molar-refractivity contribution >= 4 is 28.8 Å². The van der Waals surface area contributed by atoms with Gasteiger partial charge < -0.3 is 5.32 Å². The van der Waals surface area contributed by atoms with Crippen LogP contribution in [-0.4, -0.2) is 10.9 Å². The Morgan fingerprint density at radius 3 is 2.75 bits per heavy atom. The molecule has 0 aliphatic heterocycles. The molecule has 0 radical (unpaired) electrons. The molecule has 5 heteroatoms. The lowest BCUT2D eigenvalue weighted by atomic mass is 10.1. The van der Waals surface area contributed by atoms with Crippen LogP contribution in [0.3, 0.4) is 0 Å². The molecule has 0 bridgehead atoms. The second-order valence-electron chi connectivity index (χ2n) is 5.59. The first-order valence-corrected chi connectivity index (χ1v) is 8.88. The molecule has 1 amide bonds. The molecule has 2 aromatic carbocycles. The highest BCUT2D eigenvalue weighted by molar-refractivity contribution is 7.13. The number of benzene rings is 2. The molecule has 3 nitrogen and oxygen atoms in total. The fourth-order valence-electron chi connectivity index (χ4n) is 2.28. The predicted octanol–water partition coefficient (Wildman–Crippen LogP) is 4.63. The number of nitrogens with zero attached hydrogens (tertiary/aromatic N) is 1. The zero-order valence-corrected chi connectivity index (χ0v) is 14.8. The number of nitrogens with one attached hydrogen (secondary N) is 1. The highest BCUT2D eigenvalue weighted by Crippen LogP contribution is 2.26. The molecule has 0 aliphatic carbocycles. The molecular formula is C19H17ClN2OS. The van der Waals surface area contributed by atoms with Crippen LogP contribution in [0.5, 0.6) is 0 Å². The van der Waals surface area contributed by atoms with E-state index in [0.717, 1.165) is 21.8 Å². The van der Waals surface area contributed by atoms with Crippen LogP contribution in [0.15, 0.2) is 53.9 Å². The maximum Gasteiger partial charge on any atom is 0.226 e. The summed E-state index contributed by atoms with van der Waals surface area (Å²) in [5, 5.41) is 6.40. The van der Waals surface area contributed by atoms with E-state index in [0.29, 0.717) is 11.6 Å². The number of carbonyl (C=O) groups excluding carboxylic acids is 1. The number of aromatic nitrogens is 1. The summed E-state index contributed by atoms with van der Waals surface area (Å²) in [6.07, 6.45) is 0.281. The molecule has 0 saturated carbocycles. The largest absolute Gasteiger partial charge is 0.352 e. The third-order valence-electron chi connectivity index (χ3n) is 3.58. The summed E-state index contributed by atoms with van der Waals surface area (Å²) in [5.41, 5.74) is 4.04. The lowest BCUT2D eigenvalue weighted by Crippen LogP contribution is -2.24. The van der Waals surface area contributed by atoms with E-state index in [4.69, 9.17) is 11.6 Å². The van der Waals surface area contributed by atoms with Gasteiger partial charge in [-0.25, -0.2) is 4.98 Å². The van der Waals surface area contributed by atoms with Gasteiger partial charge in [-0.1, -0.05) is 53.6 Å². The van der Waals surface area contributed by atoms with Gasteiger partial charge in [0.25, 0.3) is 0 Å². The first-order chi connectivity index (χ1) is 11.6. The van der Waals surface area contributed by atoms with E-state index in [-0.39, 0.29) is 12.3 Å². The monoisotopic (exact) mass is 356 g/mol. The lowest BCUT2D eigenvalue weighted by molar-refractivity contribution is -0.120. The van der Waals surface area contributed by atoms with Gasteiger partial charge in [0.15, 0.2) is 0 Å². The number of carbonyl (C=O) groups is 1. The van der Waals surface area contributed by atoms with Gasteiger partial charge in [0.2, 0.25) is 5.91 Å². The number of hydrogen-bond acceptors (Lipinski definition) is 3. The van der Waals surface area contributed by atoms with Crippen molar-refractivity contribution in [3.05, 3.63) is 75.8 Å². The molecule has 0 atom stereocenters. The van der Waals surface area contributed by atoms with Crippen molar-refractivity contribution < 1.29 is 4.79 Å². The average molecular weight is 357 g/mol. The Hall–Kier alpha value is -2.17. The molecule has 3 aromatic rings. The Balaban J connectivity index is 1.58. The smallest absolute Gasteiger partial charge is 0.226 e. The summed E-state index contributed by atoms with van der Waals surface area (Å²) in [4.78, 5) is 16.6. The van der Waals surface area contributed by atoms with Crippen LogP contribution in [0.4, 0.5) is 0 Å². The number of hydrogen-bond donors (Lipinski definition) is 1. The van der Waals surface area contributed by atoms with Crippen LogP contribution in [-0.2, 0) is 17.8 Å². The van der Waals surface area contributed by atoms with E-state index in [1.54, 1.807) is 0 Å². The van der Waals surface area contributed by atoms with Crippen LogP contribution in [0, 0.1) is 6.92 Å². The maximum absolute atomic E-state index is 12.1. The Bertz CT molecular complexity index is 843. The second kappa shape index (κ2) is 7.60. The highest BCUT2D eigenvalue weighted by atomic mass is 35.5. The van der Waals surface area contributed by atoms with Crippen LogP contribution in [0.1, 0.15) is 16.8 Å². The molecule has 0 unspecified atom stereocenters. The molecule has 1 N–H and O–H groups in total. The first-order valence-electron chi connectivity index (χ1n) is 7.63. The van der Waals surface area contributed by atoms with Gasteiger partial charge >= 0.3 is 0 Å². The van der Waals surface area contributed by atoms with Crippen molar-refractivity contribution in [3.63, 3.8) is 0 Å². The molecule has 24 heavy (non-hydrogen) atoms. The van der Waals surface area contributed by atoms with Crippen LogP contribution >= 0.6 is 22.9 Å². The minimum Gasteiger partial charge on any atom is -0.352 e. The van der Waals surface area contributed by atoms with Gasteiger partial charge in [0.1, 0.15) is 5.01 Å². The summed E-state index contributed by atoms with van der Waals surface area (Å²) < 4.78 is 0. The third-order valence-corrected chi connectivity index (χ3v) is 4.75. The zero-order valence-electron chi connectivity index (χ0n) is 13.3. The van der Waals surface area contributed by atoms with Crippen molar-refractivity contribution in [2.75, 3.05) is 0 Å². The Morgan fingerprint density at radius 1 is 1.21 bits per heavy atom. The van der Waals surface area contributed by atoms with Crippen molar-refractivity contribution in [2.24, 2.45) is 0 Å². The number of aryl methyl sites for hydroxylation is 1. The van der Waals surface area contributed by atoms with Gasteiger partial charge in [-0.3, -0.25) is 4.79 Å². The Kier molecular flexibility index (Phi) is 5.28. The molecule has 3 rings (SSSR count). The van der Waals surface area contributed by atoms with Gasteiger partial charge in [-0.05, 0) is 24.6 Å². The molecule has 0 fully saturated rings. The van der Waals surface area contributed by atoms with E-state index >= 15 is 0 Å². The quantitative estimate of drug-likeness (QED) is 0.724. The van der Waals surface area contributed by atoms with E-state index in [1.165, 1.54) is 16.9 Å². The fourth-order valence-corrected chi connectivity index (χ4v) is 3.28. The Labute approximate surface area is 150 Å². The topological polar surface area (TPSA) is 42.0 Å². The van der Waals surface area contributed by atoms with Crippen molar-refractivity contribution in [1.29, 1.82) is 0 Å². The fraction of sp³-hybridized carbons (Fsp3) is 0.158. The van der Waals surface area contributed by atoms with Gasteiger partial charge in [0.05, 0.1) is 12.1 Å². The summed E-state index contributed by atoms with van der Waals surface area (Å²) >= 11 is 7.53. The van der Waals surface area contributed by atoms with Crippen LogP contribution in [0.2, 0.25) is 5.02 Å². The van der Waals surface area contributed by atoms with Crippen molar-refractivity contribution in [1.82, 2.24) is 10.3 Å². The summed E-state index contributed by atoms with van der Waals surface area (Å²) in [7, 11) is 0. The van der Waals surface area contributed by atoms with Crippen LogP contribution in [0.25, 0.3) is 10.6 Å². The summed E-state index contributed by atoms with van der Waals surface area (Å²) in [6, 6.07) is 15.7. The minimum absolute atomic E-state index is 0.0291. The molecule has 122 valence electrons. The van der Waals surface area contributed by atoms with E-state index in [9.17, 15) is 4.79 Å². The molecule has 0 aliphatic rings. The molecule has 1 aromatic heterocycles. The predicted molar refractivity (Wildman–Crippen MR) is 99.3 cm³/mol. The number of halogens is 1. The second-order valence-corrected chi connectivity index (χ2v) is 6.89. The van der Waals surface area contributed by atoms with E-state index in [2.05, 4.69) is 10.3 Å². The number of rotatable bonds is 5. The van der Waals surface area contributed by atoms with Crippen molar-refractivity contribution in [3.8, 4) is 10.6 Å². The average Bonchev–Trinajstić information content (AvgIpc) is 3.03. The number of amides is 1.